The van der Waals surface area contributed by atoms with Gasteiger partial charge in [-0.2, -0.15) is 0 Å². The fraction of sp³-hybridized carbons (Fsp3) is 0.905. The predicted molar refractivity (Wildman–Crippen MR) is 214 cm³/mol. The van der Waals surface area contributed by atoms with E-state index in [2.05, 4.69) is 43.5 Å². The average molecular weight is 698 g/mol. The van der Waals surface area contributed by atoms with Crippen LogP contribution in [0.5, 0.6) is 0 Å². The molecule has 5 nitrogen and oxygen atoms in total. The van der Waals surface area contributed by atoms with Crippen LogP contribution in [0, 0.1) is 0 Å². The highest BCUT2D eigenvalue weighted by atomic mass is 31.1. The first-order chi connectivity index (χ1) is 23.8. The van der Waals surface area contributed by atoms with E-state index in [4.69, 9.17) is 18.5 Å². The Bertz CT molecular complexity index is 633. The van der Waals surface area contributed by atoms with Crippen molar-refractivity contribution in [2.75, 3.05) is 46.6 Å². The largest absolute Gasteiger partial charge is 0.379 e. The van der Waals surface area contributed by atoms with E-state index >= 15 is 0 Å². The summed E-state index contributed by atoms with van der Waals surface area (Å²) in [4.78, 5) is 0. The molecule has 6 heteroatoms. The third-order valence-electron chi connectivity index (χ3n) is 8.96. The molecule has 48 heavy (non-hydrogen) atoms. The van der Waals surface area contributed by atoms with E-state index in [0.717, 1.165) is 32.6 Å². The van der Waals surface area contributed by atoms with E-state index in [1.165, 1.54) is 167 Å². The number of nitrogens with one attached hydrogen (secondary N) is 1. The smallest absolute Gasteiger partial charge is 0.155 e. The molecular formula is C42H84NO4P. The van der Waals surface area contributed by atoms with Crippen LogP contribution in [0.1, 0.15) is 194 Å². The highest BCUT2D eigenvalue weighted by Crippen LogP contribution is 2.16. The van der Waals surface area contributed by atoms with Gasteiger partial charge in [0.05, 0.1) is 19.8 Å². The first-order valence-electron chi connectivity index (χ1n) is 21.0. The van der Waals surface area contributed by atoms with Crippen molar-refractivity contribution < 1.29 is 18.5 Å². The molecule has 2 atom stereocenters. The molecule has 0 aliphatic rings. The lowest BCUT2D eigenvalue weighted by Crippen LogP contribution is -2.25. The summed E-state index contributed by atoms with van der Waals surface area (Å²) in [6.45, 7) is 8.83. The van der Waals surface area contributed by atoms with Crippen LogP contribution in [0.3, 0.4) is 0 Å². The molecule has 0 radical (unpaired) electrons. The van der Waals surface area contributed by atoms with Gasteiger partial charge in [-0.05, 0) is 71.3 Å². The maximum absolute atomic E-state index is 6.19. The maximum Gasteiger partial charge on any atom is 0.155 e. The summed E-state index contributed by atoms with van der Waals surface area (Å²) in [5.41, 5.74) is 0. The molecule has 0 bridgehead atoms. The van der Waals surface area contributed by atoms with Crippen LogP contribution >= 0.6 is 9.03 Å². The molecule has 2 unspecified atom stereocenters. The third kappa shape index (κ3) is 41.9. The van der Waals surface area contributed by atoms with E-state index in [0.29, 0.717) is 19.8 Å². The van der Waals surface area contributed by atoms with Crippen molar-refractivity contribution in [3.8, 4) is 0 Å². The molecule has 0 rings (SSSR count). The SMILES string of the molecule is CCCCCCCC/C=C\CCCCCCCCOCC(COPOCCNC)OCCCCCCCC/C=C\CCCCCCCC. The predicted octanol–water partition coefficient (Wildman–Crippen LogP) is 13.2. The summed E-state index contributed by atoms with van der Waals surface area (Å²) >= 11 is 0. The molecular weight excluding hydrogens is 613 g/mol. The Morgan fingerprint density at radius 2 is 0.875 bits per heavy atom. The zero-order valence-electron chi connectivity index (χ0n) is 32.6. The Balaban J connectivity index is 3.77. The minimum atomic E-state index is -0.0114. The molecule has 0 amide bonds. The fourth-order valence-corrected chi connectivity index (χ4v) is 6.30. The molecule has 0 aliphatic heterocycles. The number of ether oxygens (including phenoxy) is 2. The summed E-state index contributed by atoms with van der Waals surface area (Å²) in [6, 6.07) is 0. The molecule has 0 fully saturated rings. The second-order valence-electron chi connectivity index (χ2n) is 13.8. The quantitative estimate of drug-likeness (QED) is 0.0391. The van der Waals surface area contributed by atoms with E-state index in [1.54, 1.807) is 0 Å². The van der Waals surface area contributed by atoms with Gasteiger partial charge in [0.2, 0.25) is 0 Å². The molecule has 0 heterocycles. The van der Waals surface area contributed by atoms with Gasteiger partial charge in [0.15, 0.2) is 9.03 Å². The Morgan fingerprint density at radius 3 is 1.33 bits per heavy atom. The zero-order chi connectivity index (χ0) is 34.7. The second-order valence-corrected chi connectivity index (χ2v) is 14.5. The lowest BCUT2D eigenvalue weighted by molar-refractivity contribution is -0.0383. The number of hydrogen-bond donors (Lipinski definition) is 1. The van der Waals surface area contributed by atoms with Gasteiger partial charge in [0.25, 0.3) is 0 Å². The number of unbranched alkanes of at least 4 members (excludes halogenated alkanes) is 24. The molecule has 0 aliphatic carbocycles. The van der Waals surface area contributed by atoms with Crippen LogP contribution in [-0.4, -0.2) is 52.7 Å². The van der Waals surface area contributed by atoms with E-state index in [9.17, 15) is 0 Å². The minimum Gasteiger partial charge on any atom is -0.379 e. The van der Waals surface area contributed by atoms with Crippen LogP contribution in [0.4, 0.5) is 0 Å². The van der Waals surface area contributed by atoms with Crippen LogP contribution < -0.4 is 5.32 Å². The molecule has 1 N–H and O–H groups in total. The Morgan fingerprint density at radius 1 is 0.458 bits per heavy atom. The van der Waals surface area contributed by atoms with Crippen molar-refractivity contribution in [3.63, 3.8) is 0 Å². The van der Waals surface area contributed by atoms with E-state index in [1.807, 2.05) is 7.05 Å². The van der Waals surface area contributed by atoms with Crippen molar-refractivity contribution in [1.29, 1.82) is 0 Å². The molecule has 0 spiro atoms. The van der Waals surface area contributed by atoms with E-state index in [-0.39, 0.29) is 15.1 Å². The topological polar surface area (TPSA) is 49.0 Å². The lowest BCUT2D eigenvalue weighted by atomic mass is 10.1. The van der Waals surface area contributed by atoms with Gasteiger partial charge < -0.3 is 23.8 Å². The molecule has 286 valence electrons. The normalized spacial score (nSPS) is 12.9. The summed E-state index contributed by atoms with van der Waals surface area (Å²) < 4.78 is 23.5. The molecule has 0 aromatic rings. The highest BCUT2D eigenvalue weighted by molar-refractivity contribution is 7.26. The fourth-order valence-electron chi connectivity index (χ4n) is 5.77. The summed E-state index contributed by atoms with van der Waals surface area (Å²) in [7, 11) is 1.99. The van der Waals surface area contributed by atoms with Crippen molar-refractivity contribution in [2.24, 2.45) is 0 Å². The Hall–Kier alpha value is -0.290. The summed E-state index contributed by atoms with van der Waals surface area (Å²) in [6.07, 6.45) is 46.8. The van der Waals surface area contributed by atoms with Crippen LogP contribution in [0.2, 0.25) is 0 Å². The van der Waals surface area contributed by atoms with Gasteiger partial charge in [-0.15, -0.1) is 0 Å². The minimum absolute atomic E-state index is 0.0114. The van der Waals surface area contributed by atoms with Crippen LogP contribution in [0.25, 0.3) is 0 Å². The Kier molecular flexibility index (Phi) is 44.5. The van der Waals surface area contributed by atoms with Gasteiger partial charge >= 0.3 is 0 Å². The second kappa shape index (κ2) is 44.7. The molecule has 0 aromatic heterocycles. The lowest BCUT2D eigenvalue weighted by Gasteiger charge is -2.18. The van der Waals surface area contributed by atoms with Crippen molar-refractivity contribution in [3.05, 3.63) is 24.3 Å². The third-order valence-corrected chi connectivity index (χ3v) is 9.56. The monoisotopic (exact) mass is 698 g/mol. The number of hydrogen-bond acceptors (Lipinski definition) is 5. The zero-order valence-corrected chi connectivity index (χ0v) is 33.6. The molecule has 0 aromatic carbocycles. The van der Waals surface area contributed by atoms with E-state index < -0.39 is 0 Å². The number of likely N-dealkylation sites (N-methyl/N-ethyl adjacent to an activating group) is 1. The van der Waals surface area contributed by atoms with Crippen LogP contribution in [-0.2, 0) is 18.5 Å². The van der Waals surface area contributed by atoms with Gasteiger partial charge in [-0.3, -0.25) is 0 Å². The maximum atomic E-state index is 6.19. The summed E-state index contributed by atoms with van der Waals surface area (Å²) in [5, 5.41) is 3.09. The van der Waals surface area contributed by atoms with Crippen molar-refractivity contribution in [2.45, 2.75) is 200 Å². The standard InChI is InChI=1S/C42H84NO4P/c1-4-6-8-10-12-14-16-18-20-22-24-26-28-30-32-34-37-44-40-42(41-47-48-46-39-36-43-3)45-38-35-33-31-29-27-25-23-21-19-17-15-13-11-9-7-5-2/h18-21,42-43,48H,4-17,22-41H2,1-3H3/b20-18-,21-19-. The number of rotatable bonds is 42. The Labute approximate surface area is 302 Å². The highest BCUT2D eigenvalue weighted by Gasteiger charge is 2.10. The van der Waals surface area contributed by atoms with Gasteiger partial charge in [0.1, 0.15) is 6.10 Å². The first kappa shape index (κ1) is 47.7. The van der Waals surface area contributed by atoms with Crippen molar-refractivity contribution in [1.82, 2.24) is 5.32 Å². The number of allylic oxidation sites excluding steroid dienone is 4. The van der Waals surface area contributed by atoms with Crippen molar-refractivity contribution >= 4 is 9.03 Å². The molecule has 0 saturated heterocycles. The van der Waals surface area contributed by atoms with Crippen LogP contribution in [0.15, 0.2) is 24.3 Å². The van der Waals surface area contributed by atoms with Gasteiger partial charge in [-0.25, -0.2) is 0 Å². The van der Waals surface area contributed by atoms with Gasteiger partial charge in [-0.1, -0.05) is 154 Å². The first-order valence-corrected chi connectivity index (χ1v) is 21.8. The molecule has 0 saturated carbocycles. The van der Waals surface area contributed by atoms with Gasteiger partial charge in [0, 0.05) is 19.8 Å². The average Bonchev–Trinajstić information content (AvgIpc) is 3.10. The summed E-state index contributed by atoms with van der Waals surface area (Å²) in [5.74, 6) is 0.